The summed E-state index contributed by atoms with van der Waals surface area (Å²) >= 11 is 0. The summed E-state index contributed by atoms with van der Waals surface area (Å²) in [6.07, 6.45) is 2.39. The molecule has 0 bridgehead atoms. The number of benzene rings is 2. The summed E-state index contributed by atoms with van der Waals surface area (Å²) in [7, 11) is 1.68. The fraction of sp³-hybridized carbons (Fsp3) is 0.409. The first-order chi connectivity index (χ1) is 13.2. The van der Waals surface area contributed by atoms with Gasteiger partial charge in [0.1, 0.15) is 5.75 Å². The van der Waals surface area contributed by atoms with Crippen LogP contribution in [0.4, 0.5) is 11.4 Å². The van der Waals surface area contributed by atoms with E-state index in [1.54, 1.807) is 7.11 Å². The monoisotopic (exact) mass is 367 g/mol. The molecule has 0 aliphatic carbocycles. The largest absolute Gasteiger partial charge is 0.497 e. The van der Waals surface area contributed by atoms with Crippen LogP contribution in [0.15, 0.2) is 48.5 Å². The van der Waals surface area contributed by atoms with Crippen molar-refractivity contribution in [2.24, 2.45) is 0 Å². The molecule has 0 unspecified atom stereocenters. The van der Waals surface area contributed by atoms with Gasteiger partial charge in [0.15, 0.2) is 0 Å². The number of ether oxygens (including phenoxy) is 1. The Hall–Kier alpha value is -2.53. The average Bonchev–Trinajstić information content (AvgIpc) is 3.19. The molecule has 1 fully saturated rings. The van der Waals surface area contributed by atoms with Crippen molar-refractivity contribution >= 4 is 17.3 Å². The molecule has 1 amide bonds. The van der Waals surface area contributed by atoms with E-state index >= 15 is 0 Å². The Kier molecular flexibility index (Phi) is 6.71. The minimum atomic E-state index is 0.0641. The molecular formula is C22H29N3O2. The highest BCUT2D eigenvalue weighted by Gasteiger charge is 2.15. The number of hydrogen-bond acceptors (Lipinski definition) is 4. The highest BCUT2D eigenvalue weighted by atomic mass is 16.5. The van der Waals surface area contributed by atoms with Gasteiger partial charge in [0, 0.05) is 30.5 Å². The van der Waals surface area contributed by atoms with E-state index in [0.717, 1.165) is 43.3 Å². The molecule has 0 atom stereocenters. The zero-order chi connectivity index (χ0) is 19.1. The van der Waals surface area contributed by atoms with Gasteiger partial charge in [0.05, 0.1) is 13.7 Å². The molecule has 1 heterocycles. The molecule has 2 aromatic rings. The predicted molar refractivity (Wildman–Crippen MR) is 110 cm³/mol. The van der Waals surface area contributed by atoms with E-state index < -0.39 is 0 Å². The van der Waals surface area contributed by atoms with Crippen LogP contribution in [0.5, 0.6) is 5.75 Å². The second-order valence-electron chi connectivity index (χ2n) is 6.95. The fourth-order valence-corrected chi connectivity index (χ4v) is 3.51. The normalized spacial score (nSPS) is 14.1. The third kappa shape index (κ3) is 5.47. The molecule has 0 aromatic heterocycles. The Labute approximate surface area is 161 Å². The van der Waals surface area contributed by atoms with E-state index in [-0.39, 0.29) is 5.91 Å². The first-order valence-corrected chi connectivity index (χ1v) is 9.68. The van der Waals surface area contributed by atoms with E-state index in [2.05, 4.69) is 40.2 Å². The molecular weight excluding hydrogens is 338 g/mol. The standard InChI is InChI=1S/C22H29N3O2/c1-3-25(20-10-7-11-21(15-20)27-2)16-18-8-6-9-19(14-18)23-22(26)17-24-12-4-5-13-24/h6-11,14-15H,3-5,12-13,16-17H2,1-2H3,(H,23,26). The van der Waals surface area contributed by atoms with Gasteiger partial charge in [0.25, 0.3) is 0 Å². The Bertz CT molecular complexity index is 757. The third-order valence-electron chi connectivity index (χ3n) is 4.95. The maximum Gasteiger partial charge on any atom is 0.238 e. The van der Waals surface area contributed by atoms with E-state index in [4.69, 9.17) is 4.74 Å². The molecule has 27 heavy (non-hydrogen) atoms. The Morgan fingerprint density at radius 3 is 2.67 bits per heavy atom. The number of hydrogen-bond donors (Lipinski definition) is 1. The van der Waals surface area contributed by atoms with E-state index in [1.807, 2.05) is 30.3 Å². The van der Waals surface area contributed by atoms with Crippen molar-refractivity contribution in [3.63, 3.8) is 0 Å². The molecule has 0 radical (unpaired) electrons. The van der Waals surface area contributed by atoms with E-state index in [9.17, 15) is 4.79 Å². The zero-order valence-corrected chi connectivity index (χ0v) is 16.3. The van der Waals surface area contributed by atoms with Gasteiger partial charge in [-0.05, 0) is 62.7 Å². The first kappa shape index (κ1) is 19.2. The van der Waals surface area contributed by atoms with E-state index in [0.29, 0.717) is 6.54 Å². The quantitative estimate of drug-likeness (QED) is 0.772. The molecule has 2 aromatic carbocycles. The van der Waals surface area contributed by atoms with Crippen LogP contribution in [0.25, 0.3) is 0 Å². The number of nitrogens with one attached hydrogen (secondary N) is 1. The highest BCUT2D eigenvalue weighted by molar-refractivity contribution is 5.92. The third-order valence-corrected chi connectivity index (χ3v) is 4.95. The van der Waals surface area contributed by atoms with Crippen LogP contribution in [0.2, 0.25) is 0 Å². The van der Waals surface area contributed by atoms with Gasteiger partial charge >= 0.3 is 0 Å². The van der Waals surface area contributed by atoms with Gasteiger partial charge in [-0.15, -0.1) is 0 Å². The summed E-state index contributed by atoms with van der Waals surface area (Å²) in [5.41, 5.74) is 3.15. The lowest BCUT2D eigenvalue weighted by atomic mass is 10.1. The topological polar surface area (TPSA) is 44.8 Å². The maximum atomic E-state index is 12.3. The van der Waals surface area contributed by atoms with Gasteiger partial charge in [-0.1, -0.05) is 18.2 Å². The molecule has 5 nitrogen and oxygen atoms in total. The number of rotatable bonds is 8. The number of nitrogens with zero attached hydrogens (tertiary/aromatic N) is 2. The predicted octanol–water partition coefficient (Wildman–Crippen LogP) is 3.76. The smallest absolute Gasteiger partial charge is 0.238 e. The summed E-state index contributed by atoms with van der Waals surface area (Å²) < 4.78 is 5.34. The Morgan fingerprint density at radius 2 is 1.93 bits per heavy atom. The van der Waals surface area contributed by atoms with Gasteiger partial charge < -0.3 is 15.0 Å². The van der Waals surface area contributed by atoms with Crippen molar-refractivity contribution in [3.05, 3.63) is 54.1 Å². The molecule has 0 saturated carbocycles. The van der Waals surface area contributed by atoms with Crippen LogP contribution < -0.4 is 15.0 Å². The lowest BCUT2D eigenvalue weighted by Gasteiger charge is -2.24. The molecule has 3 rings (SSSR count). The zero-order valence-electron chi connectivity index (χ0n) is 16.3. The van der Waals surface area contributed by atoms with Gasteiger partial charge in [-0.25, -0.2) is 0 Å². The van der Waals surface area contributed by atoms with Gasteiger partial charge in [-0.3, -0.25) is 9.69 Å². The number of carbonyl (C=O) groups excluding carboxylic acids is 1. The minimum absolute atomic E-state index is 0.0641. The summed E-state index contributed by atoms with van der Waals surface area (Å²) in [4.78, 5) is 16.8. The number of carbonyl (C=O) groups is 1. The van der Waals surface area contributed by atoms with Crippen molar-refractivity contribution in [1.82, 2.24) is 4.90 Å². The van der Waals surface area contributed by atoms with Crippen molar-refractivity contribution in [1.29, 1.82) is 0 Å². The summed E-state index contributed by atoms with van der Waals surface area (Å²) in [5, 5.41) is 3.04. The van der Waals surface area contributed by atoms with Crippen LogP contribution in [0.1, 0.15) is 25.3 Å². The second kappa shape index (κ2) is 9.42. The maximum absolute atomic E-state index is 12.3. The average molecular weight is 367 g/mol. The van der Waals surface area contributed by atoms with Gasteiger partial charge in [0.2, 0.25) is 5.91 Å². The number of amides is 1. The Balaban J connectivity index is 1.64. The molecule has 1 saturated heterocycles. The fourth-order valence-electron chi connectivity index (χ4n) is 3.51. The summed E-state index contributed by atoms with van der Waals surface area (Å²) in [5.74, 6) is 0.920. The second-order valence-corrected chi connectivity index (χ2v) is 6.95. The summed E-state index contributed by atoms with van der Waals surface area (Å²) in [6.45, 7) is 6.34. The van der Waals surface area contributed by atoms with Crippen LogP contribution in [-0.2, 0) is 11.3 Å². The van der Waals surface area contributed by atoms with Crippen LogP contribution in [0, 0.1) is 0 Å². The number of likely N-dealkylation sites (tertiary alicyclic amines) is 1. The van der Waals surface area contributed by atoms with Crippen molar-refractivity contribution in [2.75, 3.05) is 43.5 Å². The molecule has 1 aliphatic rings. The minimum Gasteiger partial charge on any atom is -0.497 e. The van der Waals surface area contributed by atoms with Crippen molar-refractivity contribution < 1.29 is 9.53 Å². The van der Waals surface area contributed by atoms with E-state index in [1.165, 1.54) is 18.4 Å². The molecule has 0 spiro atoms. The lowest BCUT2D eigenvalue weighted by Crippen LogP contribution is -2.30. The van der Waals surface area contributed by atoms with Crippen LogP contribution in [0.3, 0.4) is 0 Å². The number of methoxy groups -OCH3 is 1. The SMILES string of the molecule is CCN(Cc1cccc(NC(=O)CN2CCCC2)c1)c1cccc(OC)c1. The molecule has 5 heteroatoms. The molecule has 1 aliphatic heterocycles. The lowest BCUT2D eigenvalue weighted by molar-refractivity contribution is -0.117. The van der Waals surface area contributed by atoms with Crippen LogP contribution >= 0.6 is 0 Å². The highest BCUT2D eigenvalue weighted by Crippen LogP contribution is 2.23. The molecule has 1 N–H and O–H groups in total. The first-order valence-electron chi connectivity index (χ1n) is 9.68. The molecule has 144 valence electrons. The van der Waals surface area contributed by atoms with Gasteiger partial charge in [-0.2, -0.15) is 0 Å². The Morgan fingerprint density at radius 1 is 1.15 bits per heavy atom. The summed E-state index contributed by atoms with van der Waals surface area (Å²) in [6, 6.07) is 16.2. The van der Waals surface area contributed by atoms with Crippen molar-refractivity contribution in [2.45, 2.75) is 26.3 Å². The number of anilines is 2. The van der Waals surface area contributed by atoms with Crippen molar-refractivity contribution in [3.8, 4) is 5.75 Å². The van der Waals surface area contributed by atoms with Crippen LogP contribution in [-0.4, -0.2) is 44.1 Å².